The predicted molar refractivity (Wildman–Crippen MR) is 102 cm³/mol. The molecule has 5 N–H and O–H groups in total. The van der Waals surface area contributed by atoms with Crippen molar-refractivity contribution in [2.75, 3.05) is 6.61 Å². The lowest BCUT2D eigenvalue weighted by molar-refractivity contribution is -0.231. The van der Waals surface area contributed by atoms with E-state index < -0.39 is 37.1 Å². The topological polar surface area (TPSA) is 110 Å². The van der Waals surface area contributed by atoms with E-state index in [0.29, 0.717) is 17.0 Å². The Morgan fingerprint density at radius 2 is 1.59 bits per heavy atom. The van der Waals surface area contributed by atoms with E-state index in [1.54, 1.807) is 42.5 Å². The summed E-state index contributed by atoms with van der Waals surface area (Å²) < 4.78 is 5.59. The number of aliphatic hydroxyl groups excluding tert-OH is 4. The molecule has 0 aromatic heterocycles. The number of rotatable bonds is 4. The monoisotopic (exact) mass is 396 g/mol. The van der Waals surface area contributed by atoms with Crippen molar-refractivity contribution in [3.8, 4) is 5.75 Å². The lowest BCUT2D eigenvalue weighted by atomic mass is 9.90. The first-order valence-electron chi connectivity index (χ1n) is 8.27. The van der Waals surface area contributed by atoms with Crippen LogP contribution in [0.15, 0.2) is 42.5 Å². The Morgan fingerprint density at radius 1 is 0.926 bits per heavy atom. The van der Waals surface area contributed by atoms with Crippen LogP contribution in [0.5, 0.6) is 5.75 Å². The van der Waals surface area contributed by atoms with E-state index in [9.17, 15) is 25.5 Å². The second-order valence-electron chi connectivity index (χ2n) is 6.44. The molecule has 0 amide bonds. The van der Waals surface area contributed by atoms with E-state index in [4.69, 9.17) is 16.3 Å². The summed E-state index contributed by atoms with van der Waals surface area (Å²) in [6, 6.07) is 11.9. The fourth-order valence-corrected chi connectivity index (χ4v) is 3.30. The summed E-state index contributed by atoms with van der Waals surface area (Å²) in [7, 11) is 0. The second-order valence-corrected chi connectivity index (χ2v) is 6.85. The number of aliphatic hydroxyl groups is 4. The normalized spacial score (nSPS) is 27.8. The first-order valence-corrected chi connectivity index (χ1v) is 8.65. The van der Waals surface area contributed by atoms with Gasteiger partial charge in [-0.3, -0.25) is 0 Å². The fourth-order valence-electron chi connectivity index (χ4n) is 3.12. The molecule has 2 aromatic rings. The molecule has 1 heterocycles. The van der Waals surface area contributed by atoms with Gasteiger partial charge in [0.1, 0.15) is 36.3 Å². The highest BCUT2D eigenvalue weighted by molar-refractivity contribution is 6.31. The zero-order valence-electron chi connectivity index (χ0n) is 13.9. The number of hydrogen-bond acceptors (Lipinski definition) is 6. The van der Waals surface area contributed by atoms with E-state index in [0.717, 1.165) is 11.1 Å². The highest BCUT2D eigenvalue weighted by atomic mass is 35.5. The Balaban J connectivity index is 0.00000261. The first kappa shape index (κ1) is 21.6. The van der Waals surface area contributed by atoms with Crippen LogP contribution in [0.4, 0.5) is 0 Å². The number of phenolic OH excluding ortho intramolecular Hbond substituents is 1. The van der Waals surface area contributed by atoms with Gasteiger partial charge in [0.25, 0.3) is 0 Å². The third-order valence-corrected chi connectivity index (χ3v) is 4.99. The molecule has 148 valence electrons. The Morgan fingerprint density at radius 3 is 2.22 bits per heavy atom. The number of benzene rings is 2. The van der Waals surface area contributed by atoms with Gasteiger partial charge in [-0.25, -0.2) is 0 Å². The third-order valence-electron chi connectivity index (χ3n) is 4.62. The van der Waals surface area contributed by atoms with E-state index in [-0.39, 0.29) is 13.2 Å². The molecule has 6 nitrogen and oxygen atoms in total. The Hall–Kier alpha value is -1.67. The van der Waals surface area contributed by atoms with Crippen LogP contribution < -0.4 is 0 Å². The minimum Gasteiger partial charge on any atom is -0.508 e. The molecule has 0 spiro atoms. The molecule has 7 heteroatoms. The number of ether oxygens (including phenoxy) is 1. The van der Waals surface area contributed by atoms with Gasteiger partial charge < -0.3 is 30.3 Å². The third kappa shape index (κ3) is 4.60. The molecule has 1 saturated heterocycles. The molecule has 3 rings (SSSR count). The van der Waals surface area contributed by atoms with Crippen molar-refractivity contribution in [1.29, 1.82) is 0 Å². The highest BCUT2D eigenvalue weighted by Crippen LogP contribution is 2.34. The van der Waals surface area contributed by atoms with Crippen LogP contribution in [0.2, 0.25) is 5.02 Å². The number of aromatic hydroxyl groups is 1. The van der Waals surface area contributed by atoms with Gasteiger partial charge >= 0.3 is 0 Å². The standard InChI is InChI=1S/C19H21ClO6.CH4/c20-14-6-3-11(8-12(14)7-10-1-4-13(22)5-2-10)19-18(25)17(24)16(23)15(9-21)26-19;/h1-6,8,15-19,21-25H,7,9H2;1H4/t15-,16-,17+,18-,19+;/m1./s1. The highest BCUT2D eigenvalue weighted by Gasteiger charge is 2.43. The molecule has 0 unspecified atom stereocenters. The van der Waals surface area contributed by atoms with Crippen molar-refractivity contribution in [3.63, 3.8) is 0 Å². The number of hydrogen-bond donors (Lipinski definition) is 5. The van der Waals surface area contributed by atoms with Crippen LogP contribution in [0.3, 0.4) is 0 Å². The molecular formula is C20H25ClO6. The van der Waals surface area contributed by atoms with Crippen molar-refractivity contribution in [2.24, 2.45) is 0 Å². The fraction of sp³-hybridized carbons (Fsp3) is 0.400. The minimum atomic E-state index is -1.43. The maximum absolute atomic E-state index is 10.3. The van der Waals surface area contributed by atoms with Gasteiger partial charge in [0.15, 0.2) is 0 Å². The van der Waals surface area contributed by atoms with Crippen molar-refractivity contribution in [1.82, 2.24) is 0 Å². The van der Waals surface area contributed by atoms with Gasteiger partial charge in [-0.15, -0.1) is 0 Å². The number of halogens is 1. The molecule has 1 fully saturated rings. The summed E-state index contributed by atoms with van der Waals surface area (Å²) >= 11 is 6.28. The minimum absolute atomic E-state index is 0. The SMILES string of the molecule is C.OC[C@H]1O[C@@H](c2ccc(Cl)c(Cc3ccc(O)cc3)c2)[C@H](O)[C@@H](O)[C@@H]1O. The molecule has 27 heavy (non-hydrogen) atoms. The average Bonchev–Trinajstić information content (AvgIpc) is 2.64. The van der Waals surface area contributed by atoms with E-state index >= 15 is 0 Å². The Kier molecular flexibility index (Phi) is 7.22. The summed E-state index contributed by atoms with van der Waals surface area (Å²) in [4.78, 5) is 0. The van der Waals surface area contributed by atoms with Crippen LogP contribution in [0.1, 0.15) is 30.2 Å². The van der Waals surface area contributed by atoms with E-state index in [2.05, 4.69) is 0 Å². The molecule has 5 atom stereocenters. The van der Waals surface area contributed by atoms with Crippen molar-refractivity contribution in [2.45, 2.75) is 44.4 Å². The van der Waals surface area contributed by atoms with E-state index in [1.165, 1.54) is 0 Å². The average molecular weight is 397 g/mol. The lowest BCUT2D eigenvalue weighted by Crippen LogP contribution is -2.55. The summed E-state index contributed by atoms with van der Waals surface area (Å²) in [6.45, 7) is -0.477. The molecular weight excluding hydrogens is 372 g/mol. The Bertz CT molecular complexity index is 749. The van der Waals surface area contributed by atoms with Crippen LogP contribution >= 0.6 is 11.6 Å². The molecule has 1 aliphatic heterocycles. The molecule has 0 aliphatic carbocycles. The summed E-state index contributed by atoms with van der Waals surface area (Å²) in [5.74, 6) is 0.176. The quantitative estimate of drug-likeness (QED) is 0.539. The van der Waals surface area contributed by atoms with Crippen LogP contribution in [0, 0.1) is 0 Å². The maximum Gasteiger partial charge on any atom is 0.115 e. The summed E-state index contributed by atoms with van der Waals surface area (Å²) in [5, 5.41) is 49.4. The molecule has 0 bridgehead atoms. The van der Waals surface area contributed by atoms with Gasteiger partial charge in [-0.05, 0) is 41.3 Å². The largest absolute Gasteiger partial charge is 0.508 e. The zero-order valence-corrected chi connectivity index (χ0v) is 14.6. The second kappa shape index (κ2) is 9.01. The van der Waals surface area contributed by atoms with Crippen molar-refractivity contribution < 1.29 is 30.3 Å². The van der Waals surface area contributed by atoms with Gasteiger partial charge in [-0.1, -0.05) is 43.3 Å². The predicted octanol–water partition coefficient (Wildman–Crippen LogP) is 1.79. The van der Waals surface area contributed by atoms with Gasteiger partial charge in [-0.2, -0.15) is 0 Å². The smallest absolute Gasteiger partial charge is 0.115 e. The molecule has 2 aromatic carbocycles. The Labute approximate surface area is 163 Å². The first-order chi connectivity index (χ1) is 12.4. The van der Waals surface area contributed by atoms with Crippen molar-refractivity contribution >= 4 is 11.6 Å². The van der Waals surface area contributed by atoms with Gasteiger partial charge in [0, 0.05) is 5.02 Å². The lowest BCUT2D eigenvalue weighted by Gasteiger charge is -2.40. The molecule has 1 aliphatic rings. The van der Waals surface area contributed by atoms with Crippen LogP contribution in [-0.4, -0.2) is 56.6 Å². The summed E-state index contributed by atoms with van der Waals surface area (Å²) in [6.07, 6.45) is -5.52. The van der Waals surface area contributed by atoms with Crippen LogP contribution in [-0.2, 0) is 11.2 Å². The van der Waals surface area contributed by atoms with E-state index in [1.807, 2.05) is 0 Å². The summed E-state index contributed by atoms with van der Waals surface area (Å²) in [5.41, 5.74) is 2.31. The van der Waals surface area contributed by atoms with Crippen molar-refractivity contribution in [3.05, 3.63) is 64.2 Å². The van der Waals surface area contributed by atoms with Gasteiger partial charge in [0.2, 0.25) is 0 Å². The number of phenols is 1. The maximum atomic E-state index is 10.3. The molecule has 0 saturated carbocycles. The molecule has 0 radical (unpaired) electrons. The van der Waals surface area contributed by atoms with Crippen LogP contribution in [0.25, 0.3) is 0 Å². The zero-order chi connectivity index (χ0) is 18.8. The van der Waals surface area contributed by atoms with Gasteiger partial charge in [0.05, 0.1) is 6.61 Å².